The molecule has 2 N–H and O–H groups in total. The molecule has 0 aromatic heterocycles. The van der Waals surface area contributed by atoms with E-state index >= 15 is 0 Å². The molecule has 0 aliphatic carbocycles. The fourth-order valence-electron chi connectivity index (χ4n) is 1.13. The quantitative estimate of drug-likeness (QED) is 0.723. The molecule has 1 rings (SSSR count). The molecule has 0 radical (unpaired) electrons. The topological polar surface area (TPSA) is 58.6 Å². The molecular formula is C11H13NO3. The largest absolute Gasteiger partial charge is 0.478 e. The number of hydrogen-bond acceptors (Lipinski definition) is 3. The van der Waals surface area contributed by atoms with Gasteiger partial charge < -0.3 is 15.2 Å². The molecule has 0 heterocycles. The number of benzene rings is 1. The summed E-state index contributed by atoms with van der Waals surface area (Å²) in [5.74, 6) is -0.976. The van der Waals surface area contributed by atoms with E-state index in [4.69, 9.17) is 9.84 Å². The fourth-order valence-corrected chi connectivity index (χ4v) is 1.13. The van der Waals surface area contributed by atoms with E-state index in [1.54, 1.807) is 7.11 Å². The molecule has 0 aliphatic heterocycles. The van der Waals surface area contributed by atoms with Crippen molar-refractivity contribution in [3.05, 3.63) is 42.1 Å². The third-order valence-corrected chi connectivity index (χ3v) is 1.71. The van der Waals surface area contributed by atoms with E-state index in [1.807, 2.05) is 24.3 Å². The Morgan fingerprint density at radius 1 is 1.60 bits per heavy atom. The van der Waals surface area contributed by atoms with Crippen LogP contribution in [0.4, 0.5) is 5.69 Å². The second-order valence-corrected chi connectivity index (χ2v) is 2.95. The van der Waals surface area contributed by atoms with Crippen LogP contribution in [0.1, 0.15) is 5.56 Å². The maximum absolute atomic E-state index is 10.2. The van der Waals surface area contributed by atoms with Gasteiger partial charge in [-0.25, -0.2) is 4.79 Å². The summed E-state index contributed by atoms with van der Waals surface area (Å²) in [6.45, 7) is 0.540. The molecule has 4 nitrogen and oxygen atoms in total. The average Bonchev–Trinajstić information content (AvgIpc) is 2.18. The van der Waals surface area contributed by atoms with Crippen LogP contribution in [0, 0.1) is 0 Å². The number of carbonyl (C=O) groups is 1. The number of aliphatic carboxylic acids is 1. The van der Waals surface area contributed by atoms with Gasteiger partial charge in [0.1, 0.15) is 0 Å². The summed E-state index contributed by atoms with van der Waals surface area (Å²) in [5.41, 5.74) is 1.87. The van der Waals surface area contributed by atoms with E-state index in [-0.39, 0.29) is 0 Å². The summed E-state index contributed by atoms with van der Waals surface area (Å²) < 4.78 is 4.99. The van der Waals surface area contributed by atoms with E-state index in [1.165, 1.54) is 6.20 Å². The van der Waals surface area contributed by atoms with Crippen LogP contribution in [0.2, 0.25) is 0 Å². The lowest BCUT2D eigenvalue weighted by atomic mass is 10.2. The number of anilines is 1. The summed E-state index contributed by atoms with van der Waals surface area (Å²) in [6.07, 6.45) is 2.43. The van der Waals surface area contributed by atoms with Gasteiger partial charge in [0.05, 0.1) is 6.61 Å². The minimum atomic E-state index is -0.976. The Morgan fingerprint density at radius 2 is 2.40 bits per heavy atom. The lowest BCUT2D eigenvalue weighted by Gasteiger charge is -2.03. The van der Waals surface area contributed by atoms with Crippen LogP contribution in [-0.4, -0.2) is 18.2 Å². The van der Waals surface area contributed by atoms with Crippen molar-refractivity contribution in [2.45, 2.75) is 6.61 Å². The summed E-state index contributed by atoms with van der Waals surface area (Å²) in [5, 5.41) is 11.2. The van der Waals surface area contributed by atoms with Gasteiger partial charge >= 0.3 is 5.97 Å². The molecule has 80 valence electrons. The normalized spacial score (nSPS) is 10.5. The van der Waals surface area contributed by atoms with Crippen LogP contribution in [0.15, 0.2) is 36.5 Å². The van der Waals surface area contributed by atoms with Crippen LogP contribution in [0.5, 0.6) is 0 Å². The second kappa shape index (κ2) is 5.82. The number of carboxylic acid groups (broad SMARTS) is 1. The highest BCUT2D eigenvalue weighted by molar-refractivity contribution is 5.80. The Bertz CT molecular complexity index is 361. The van der Waals surface area contributed by atoms with Crippen molar-refractivity contribution in [1.29, 1.82) is 0 Å². The van der Waals surface area contributed by atoms with Crippen molar-refractivity contribution in [2.24, 2.45) is 0 Å². The van der Waals surface area contributed by atoms with Crippen LogP contribution in [0.3, 0.4) is 0 Å². The number of nitrogens with one attached hydrogen (secondary N) is 1. The average molecular weight is 207 g/mol. The van der Waals surface area contributed by atoms with Crippen molar-refractivity contribution < 1.29 is 14.6 Å². The first-order valence-corrected chi connectivity index (χ1v) is 4.46. The Labute approximate surface area is 88.2 Å². The van der Waals surface area contributed by atoms with E-state index < -0.39 is 5.97 Å². The van der Waals surface area contributed by atoms with Gasteiger partial charge in [0.2, 0.25) is 0 Å². The third-order valence-electron chi connectivity index (χ3n) is 1.71. The first-order valence-electron chi connectivity index (χ1n) is 4.46. The van der Waals surface area contributed by atoms with Crippen LogP contribution in [-0.2, 0) is 16.1 Å². The Kier molecular flexibility index (Phi) is 4.37. The van der Waals surface area contributed by atoms with Crippen molar-refractivity contribution in [3.8, 4) is 0 Å². The van der Waals surface area contributed by atoms with E-state index in [2.05, 4.69) is 5.32 Å². The van der Waals surface area contributed by atoms with Crippen LogP contribution >= 0.6 is 0 Å². The van der Waals surface area contributed by atoms with Gasteiger partial charge in [-0.15, -0.1) is 0 Å². The number of methoxy groups -OCH3 is 1. The first kappa shape index (κ1) is 11.3. The summed E-state index contributed by atoms with van der Waals surface area (Å²) in [4.78, 5) is 10.2. The summed E-state index contributed by atoms with van der Waals surface area (Å²) in [7, 11) is 1.63. The number of carboxylic acids is 1. The van der Waals surface area contributed by atoms with E-state index in [0.29, 0.717) is 6.61 Å². The maximum atomic E-state index is 10.2. The summed E-state index contributed by atoms with van der Waals surface area (Å²) in [6, 6.07) is 7.57. The molecule has 4 heteroatoms. The van der Waals surface area contributed by atoms with Crippen molar-refractivity contribution in [3.63, 3.8) is 0 Å². The van der Waals surface area contributed by atoms with Crippen LogP contribution < -0.4 is 5.32 Å². The third kappa shape index (κ3) is 4.28. The molecule has 1 aromatic rings. The predicted octanol–water partition coefficient (Wildman–Crippen LogP) is 1.84. The Balaban J connectivity index is 2.61. The molecule has 0 atom stereocenters. The molecule has 0 fully saturated rings. The molecule has 1 aromatic carbocycles. The monoisotopic (exact) mass is 207 g/mol. The van der Waals surface area contributed by atoms with Gasteiger partial charge in [-0.1, -0.05) is 12.1 Å². The molecule has 0 saturated carbocycles. The van der Waals surface area contributed by atoms with Crippen molar-refractivity contribution in [1.82, 2.24) is 0 Å². The van der Waals surface area contributed by atoms with Crippen molar-refractivity contribution >= 4 is 11.7 Å². The molecular weight excluding hydrogens is 194 g/mol. The molecule has 15 heavy (non-hydrogen) atoms. The highest BCUT2D eigenvalue weighted by Crippen LogP contribution is 2.11. The molecule has 0 aliphatic rings. The predicted molar refractivity (Wildman–Crippen MR) is 57.6 cm³/mol. The number of rotatable bonds is 5. The SMILES string of the molecule is COCc1cccc(N/C=C/C(=O)O)c1. The fraction of sp³-hybridized carbons (Fsp3) is 0.182. The number of hydrogen-bond donors (Lipinski definition) is 2. The van der Waals surface area contributed by atoms with Crippen molar-refractivity contribution in [2.75, 3.05) is 12.4 Å². The Morgan fingerprint density at radius 3 is 3.07 bits per heavy atom. The van der Waals surface area contributed by atoms with Gasteiger partial charge in [-0.05, 0) is 17.7 Å². The van der Waals surface area contributed by atoms with E-state index in [9.17, 15) is 4.79 Å². The zero-order chi connectivity index (χ0) is 11.1. The Hall–Kier alpha value is -1.81. The standard InChI is InChI=1S/C11H13NO3/c1-15-8-9-3-2-4-10(7-9)12-6-5-11(13)14/h2-7,12H,8H2,1H3,(H,13,14)/b6-5+. The molecule has 0 amide bonds. The maximum Gasteiger partial charge on any atom is 0.329 e. The molecule has 0 unspecified atom stereocenters. The lowest BCUT2D eigenvalue weighted by molar-refractivity contribution is -0.131. The van der Waals surface area contributed by atoms with Gasteiger partial charge in [-0.3, -0.25) is 0 Å². The van der Waals surface area contributed by atoms with Gasteiger partial charge in [0.15, 0.2) is 0 Å². The molecule has 0 spiro atoms. The van der Waals surface area contributed by atoms with Gasteiger partial charge in [0.25, 0.3) is 0 Å². The van der Waals surface area contributed by atoms with E-state index in [0.717, 1.165) is 17.3 Å². The highest BCUT2D eigenvalue weighted by Gasteiger charge is 1.93. The smallest absolute Gasteiger partial charge is 0.329 e. The first-order chi connectivity index (χ1) is 7.22. The second-order valence-electron chi connectivity index (χ2n) is 2.95. The number of ether oxygens (including phenoxy) is 1. The van der Waals surface area contributed by atoms with Crippen LogP contribution in [0.25, 0.3) is 0 Å². The lowest BCUT2D eigenvalue weighted by Crippen LogP contribution is -1.93. The molecule has 0 saturated heterocycles. The summed E-state index contributed by atoms with van der Waals surface area (Å²) >= 11 is 0. The minimum Gasteiger partial charge on any atom is -0.478 e. The van der Waals surface area contributed by atoms with Gasteiger partial charge in [0, 0.05) is 25.1 Å². The zero-order valence-corrected chi connectivity index (χ0v) is 8.43. The highest BCUT2D eigenvalue weighted by atomic mass is 16.5. The minimum absolute atomic E-state index is 0.540. The van der Waals surface area contributed by atoms with Gasteiger partial charge in [-0.2, -0.15) is 0 Å². The zero-order valence-electron chi connectivity index (χ0n) is 8.43. The molecule has 0 bridgehead atoms.